The molecule has 0 aromatic carbocycles. The molecule has 73 heavy (non-hydrogen) atoms. The van der Waals surface area contributed by atoms with Crippen molar-refractivity contribution in [2.75, 3.05) is 13.2 Å². The molecular formula is C67H128O6. The first-order valence-electron chi connectivity index (χ1n) is 33.2. The summed E-state index contributed by atoms with van der Waals surface area (Å²) in [7, 11) is 0. The van der Waals surface area contributed by atoms with Crippen LogP contribution in [0.5, 0.6) is 0 Å². The van der Waals surface area contributed by atoms with E-state index in [4.69, 9.17) is 14.2 Å². The van der Waals surface area contributed by atoms with Gasteiger partial charge in [-0.25, -0.2) is 0 Å². The van der Waals surface area contributed by atoms with E-state index in [-0.39, 0.29) is 31.1 Å². The Bertz CT molecular complexity index is 1130. The van der Waals surface area contributed by atoms with E-state index in [1.54, 1.807) is 0 Å². The highest BCUT2D eigenvalue weighted by molar-refractivity contribution is 5.71. The molecule has 0 N–H and O–H groups in total. The first-order chi connectivity index (χ1) is 36.0. The third-order valence-electron chi connectivity index (χ3n) is 15.3. The largest absolute Gasteiger partial charge is 0.462 e. The van der Waals surface area contributed by atoms with E-state index in [1.807, 2.05) is 0 Å². The molecular weight excluding hydrogens is 901 g/mol. The Morgan fingerprint density at radius 3 is 0.685 bits per heavy atom. The van der Waals surface area contributed by atoms with Crippen molar-refractivity contribution < 1.29 is 28.6 Å². The number of rotatable bonds is 62. The average Bonchev–Trinajstić information content (AvgIpc) is 3.39. The van der Waals surface area contributed by atoms with Crippen LogP contribution in [0, 0.1) is 0 Å². The number of unbranched alkanes of at least 4 members (excludes halogenated alkanes) is 49. The minimum Gasteiger partial charge on any atom is -0.462 e. The fourth-order valence-electron chi connectivity index (χ4n) is 10.3. The lowest BCUT2D eigenvalue weighted by atomic mass is 10.0. The van der Waals surface area contributed by atoms with Crippen LogP contribution in [-0.4, -0.2) is 37.2 Å². The number of carbonyl (C=O) groups is 3. The molecule has 0 aliphatic heterocycles. The number of esters is 3. The van der Waals surface area contributed by atoms with Crippen LogP contribution < -0.4 is 0 Å². The molecule has 0 aromatic rings. The van der Waals surface area contributed by atoms with Crippen molar-refractivity contribution in [2.24, 2.45) is 0 Å². The third-order valence-corrected chi connectivity index (χ3v) is 15.3. The number of carbonyl (C=O) groups excluding carboxylic acids is 3. The Hall–Kier alpha value is -1.85. The van der Waals surface area contributed by atoms with Gasteiger partial charge in [-0.1, -0.05) is 328 Å². The fourth-order valence-corrected chi connectivity index (χ4v) is 10.3. The molecule has 1 atom stereocenters. The van der Waals surface area contributed by atoms with Gasteiger partial charge in [0.05, 0.1) is 0 Å². The van der Waals surface area contributed by atoms with Gasteiger partial charge < -0.3 is 14.2 Å². The maximum atomic E-state index is 12.9. The summed E-state index contributed by atoms with van der Waals surface area (Å²) in [5.41, 5.74) is 0. The van der Waals surface area contributed by atoms with E-state index in [9.17, 15) is 14.4 Å². The molecule has 0 amide bonds. The van der Waals surface area contributed by atoms with Gasteiger partial charge in [0, 0.05) is 19.3 Å². The van der Waals surface area contributed by atoms with Gasteiger partial charge in [-0.2, -0.15) is 0 Å². The number of hydrogen-bond acceptors (Lipinski definition) is 6. The lowest BCUT2D eigenvalue weighted by Crippen LogP contribution is -2.30. The molecule has 6 nitrogen and oxygen atoms in total. The zero-order valence-corrected chi connectivity index (χ0v) is 49.7. The molecule has 0 bridgehead atoms. The summed E-state index contributed by atoms with van der Waals surface area (Å²) in [6, 6.07) is 0. The van der Waals surface area contributed by atoms with Gasteiger partial charge in [0.1, 0.15) is 13.2 Å². The monoisotopic (exact) mass is 1030 g/mol. The number of ether oxygens (including phenoxy) is 3. The van der Waals surface area contributed by atoms with Crippen molar-refractivity contribution >= 4 is 17.9 Å². The number of hydrogen-bond donors (Lipinski definition) is 0. The average molecular weight is 1030 g/mol. The highest BCUT2D eigenvalue weighted by Gasteiger charge is 2.19. The van der Waals surface area contributed by atoms with Crippen LogP contribution in [0.2, 0.25) is 0 Å². The van der Waals surface area contributed by atoms with Crippen molar-refractivity contribution in [1.29, 1.82) is 0 Å². The number of allylic oxidation sites excluding steroid dienone is 2. The molecule has 0 fully saturated rings. The first-order valence-corrected chi connectivity index (χ1v) is 33.2. The van der Waals surface area contributed by atoms with Gasteiger partial charge in [0.25, 0.3) is 0 Å². The molecule has 6 heteroatoms. The Kier molecular flexibility index (Phi) is 61.1. The summed E-state index contributed by atoms with van der Waals surface area (Å²) >= 11 is 0. The molecule has 0 rings (SSSR count). The quantitative estimate of drug-likeness (QED) is 0.0261. The standard InChI is InChI=1S/C67H128O6/c1-4-7-10-13-16-19-22-25-27-29-30-31-32-33-34-35-36-38-39-42-45-48-51-54-57-60-66(69)72-63-64(62-71-65(68)59-56-53-50-47-44-41-24-21-18-15-12-9-6-3)73-67(70)61-58-55-52-49-46-43-40-37-28-26-23-20-17-14-11-8-5-2/h29-30,64H,4-28,31-63H2,1-3H3/b30-29-. The van der Waals surface area contributed by atoms with Crippen LogP contribution in [0.3, 0.4) is 0 Å². The maximum Gasteiger partial charge on any atom is 0.306 e. The second-order valence-electron chi connectivity index (χ2n) is 22.7. The third kappa shape index (κ3) is 60.9. The Morgan fingerprint density at radius 2 is 0.452 bits per heavy atom. The molecule has 432 valence electrons. The summed E-state index contributed by atoms with van der Waals surface area (Å²) in [5, 5.41) is 0. The van der Waals surface area contributed by atoms with Crippen LogP contribution in [0.25, 0.3) is 0 Å². The SMILES string of the molecule is CCCCCCCCCC/C=C\CCCCCCCCCCCCCCCC(=O)OCC(COC(=O)CCCCCCCCCCCCCCC)OC(=O)CCCCCCCCCCCCCCCCCCC. The molecule has 0 aliphatic rings. The summed E-state index contributed by atoms with van der Waals surface area (Å²) in [6.45, 7) is 6.72. The van der Waals surface area contributed by atoms with Gasteiger partial charge >= 0.3 is 17.9 Å². The topological polar surface area (TPSA) is 78.9 Å². The summed E-state index contributed by atoms with van der Waals surface area (Å²) in [4.78, 5) is 38.3. The van der Waals surface area contributed by atoms with Gasteiger partial charge in [-0.05, 0) is 44.9 Å². The zero-order valence-electron chi connectivity index (χ0n) is 49.7. The highest BCUT2D eigenvalue weighted by Crippen LogP contribution is 2.18. The maximum absolute atomic E-state index is 12.9. The van der Waals surface area contributed by atoms with Gasteiger partial charge in [-0.15, -0.1) is 0 Å². The molecule has 0 aromatic heterocycles. The second-order valence-corrected chi connectivity index (χ2v) is 22.7. The van der Waals surface area contributed by atoms with E-state index in [1.165, 1.54) is 283 Å². The van der Waals surface area contributed by atoms with Gasteiger partial charge in [-0.3, -0.25) is 14.4 Å². The van der Waals surface area contributed by atoms with Crippen LogP contribution in [-0.2, 0) is 28.6 Å². The van der Waals surface area contributed by atoms with Crippen molar-refractivity contribution in [1.82, 2.24) is 0 Å². The predicted molar refractivity (Wildman–Crippen MR) is 317 cm³/mol. The van der Waals surface area contributed by atoms with Crippen molar-refractivity contribution in [3.05, 3.63) is 12.2 Å². The van der Waals surface area contributed by atoms with E-state index in [0.717, 1.165) is 57.8 Å². The summed E-state index contributed by atoms with van der Waals surface area (Å²) < 4.78 is 17.0. The van der Waals surface area contributed by atoms with Crippen molar-refractivity contribution in [3.63, 3.8) is 0 Å². The molecule has 0 saturated carbocycles. The van der Waals surface area contributed by atoms with Crippen LogP contribution in [0.15, 0.2) is 12.2 Å². The highest BCUT2D eigenvalue weighted by atomic mass is 16.6. The van der Waals surface area contributed by atoms with E-state index >= 15 is 0 Å². The minimum atomic E-state index is -0.765. The van der Waals surface area contributed by atoms with Crippen molar-refractivity contribution in [2.45, 2.75) is 386 Å². The van der Waals surface area contributed by atoms with E-state index in [2.05, 4.69) is 32.9 Å². The Morgan fingerprint density at radius 1 is 0.260 bits per heavy atom. The predicted octanol–water partition coefficient (Wildman–Crippen LogP) is 22.4. The lowest BCUT2D eigenvalue weighted by Gasteiger charge is -2.18. The Labute approximate surface area is 456 Å². The smallest absolute Gasteiger partial charge is 0.306 e. The lowest BCUT2D eigenvalue weighted by molar-refractivity contribution is -0.167. The molecule has 0 saturated heterocycles. The first kappa shape index (κ1) is 71.2. The fraction of sp³-hybridized carbons (Fsp3) is 0.925. The van der Waals surface area contributed by atoms with Crippen LogP contribution in [0.4, 0.5) is 0 Å². The Balaban J connectivity index is 4.21. The molecule has 0 heterocycles. The van der Waals surface area contributed by atoms with Crippen molar-refractivity contribution in [3.8, 4) is 0 Å². The normalized spacial score (nSPS) is 12.0. The molecule has 1 unspecified atom stereocenters. The second kappa shape index (κ2) is 62.7. The van der Waals surface area contributed by atoms with Crippen LogP contribution in [0.1, 0.15) is 380 Å². The van der Waals surface area contributed by atoms with Gasteiger partial charge in [0.2, 0.25) is 0 Å². The zero-order chi connectivity index (χ0) is 52.9. The van der Waals surface area contributed by atoms with E-state index < -0.39 is 6.10 Å². The molecule has 0 radical (unpaired) electrons. The van der Waals surface area contributed by atoms with Crippen LogP contribution >= 0.6 is 0 Å². The minimum absolute atomic E-state index is 0.0628. The summed E-state index contributed by atoms with van der Waals surface area (Å²) in [5.74, 6) is -0.831. The molecule has 0 spiro atoms. The van der Waals surface area contributed by atoms with Gasteiger partial charge in [0.15, 0.2) is 6.10 Å². The van der Waals surface area contributed by atoms with E-state index in [0.29, 0.717) is 19.3 Å². The summed E-state index contributed by atoms with van der Waals surface area (Å²) in [6.07, 6.45) is 73.7. The molecule has 0 aliphatic carbocycles.